The molecule has 1 aliphatic rings. The monoisotopic (exact) mass is 379 g/mol. The molecule has 6 heteroatoms. The molecule has 4 rings (SSSR count). The number of aryl methyl sites for hydroxylation is 1. The number of nitrogens with two attached hydrogens (primary N) is 1. The molecule has 1 aliphatic heterocycles. The number of benzene rings is 2. The molecule has 0 aliphatic carbocycles. The molecule has 28 heavy (non-hydrogen) atoms. The van der Waals surface area contributed by atoms with Crippen LogP contribution in [0.3, 0.4) is 0 Å². The van der Waals surface area contributed by atoms with Crippen LogP contribution in [0, 0.1) is 6.92 Å². The van der Waals surface area contributed by atoms with Crippen LogP contribution < -0.4 is 16.4 Å². The van der Waals surface area contributed by atoms with Gasteiger partial charge in [0.25, 0.3) is 5.91 Å². The van der Waals surface area contributed by atoms with Gasteiger partial charge < -0.3 is 25.5 Å². The number of nitrogens with one attached hydrogen (secondary N) is 2. The molecule has 146 valence electrons. The molecule has 1 fully saturated rings. The first kappa shape index (κ1) is 19.7. The van der Waals surface area contributed by atoms with E-state index < -0.39 is 0 Å². The second kappa shape index (κ2) is 9.73. The highest BCUT2D eigenvalue weighted by Gasteiger charge is 2.09. The van der Waals surface area contributed by atoms with Crippen LogP contribution in [0.25, 0.3) is 11.1 Å². The van der Waals surface area contributed by atoms with Crippen molar-refractivity contribution in [2.45, 2.75) is 6.92 Å². The zero-order valence-electron chi connectivity index (χ0n) is 15.9. The second-order valence-corrected chi connectivity index (χ2v) is 6.50. The maximum absolute atomic E-state index is 12.3. The predicted molar refractivity (Wildman–Crippen MR) is 111 cm³/mol. The van der Waals surface area contributed by atoms with Crippen molar-refractivity contribution in [3.63, 3.8) is 0 Å². The highest BCUT2D eigenvalue weighted by Crippen LogP contribution is 2.28. The highest BCUT2D eigenvalue weighted by atomic mass is 16.5. The molecule has 0 unspecified atom stereocenters. The number of carbonyl (C=O) groups is 1. The molecule has 0 saturated carbocycles. The number of ether oxygens (including phenoxy) is 1. The lowest BCUT2D eigenvalue weighted by atomic mass is 10.1. The normalized spacial score (nSPS) is 13.3. The van der Waals surface area contributed by atoms with Gasteiger partial charge in [0.2, 0.25) is 0 Å². The predicted octanol–water partition coefficient (Wildman–Crippen LogP) is 3.70. The van der Waals surface area contributed by atoms with Crippen LogP contribution in [0.2, 0.25) is 0 Å². The third-order valence-corrected chi connectivity index (χ3v) is 4.32. The van der Waals surface area contributed by atoms with Crippen molar-refractivity contribution >= 4 is 17.3 Å². The molecule has 0 spiro atoms. The number of nitrogen functional groups attached to an aromatic ring is 1. The van der Waals surface area contributed by atoms with E-state index in [0.29, 0.717) is 16.9 Å². The number of hydrogen-bond acceptors (Lipinski definition) is 5. The van der Waals surface area contributed by atoms with Gasteiger partial charge in [-0.15, -0.1) is 0 Å². The SMILES string of the molecule is C1COCCN1.Cc1ccc(C(=O)Nc2cc(-c3ccoc3)ccc2N)cc1. The van der Waals surface area contributed by atoms with Crippen molar-refractivity contribution in [3.05, 3.63) is 72.2 Å². The van der Waals surface area contributed by atoms with Gasteiger partial charge >= 0.3 is 0 Å². The molecule has 1 aromatic heterocycles. The summed E-state index contributed by atoms with van der Waals surface area (Å²) in [5.41, 5.74) is 10.6. The lowest BCUT2D eigenvalue weighted by Gasteiger charge is -2.10. The second-order valence-electron chi connectivity index (χ2n) is 6.50. The van der Waals surface area contributed by atoms with E-state index >= 15 is 0 Å². The summed E-state index contributed by atoms with van der Waals surface area (Å²) in [5, 5.41) is 6.01. The van der Waals surface area contributed by atoms with Crippen molar-refractivity contribution in [1.29, 1.82) is 0 Å². The Kier molecular flexibility index (Phi) is 6.84. The number of rotatable bonds is 3. The van der Waals surface area contributed by atoms with Gasteiger partial charge in [0.15, 0.2) is 0 Å². The van der Waals surface area contributed by atoms with Crippen molar-refractivity contribution in [1.82, 2.24) is 5.32 Å². The fourth-order valence-electron chi connectivity index (χ4n) is 2.69. The van der Waals surface area contributed by atoms with Gasteiger partial charge in [-0.05, 0) is 42.8 Å². The Morgan fingerprint density at radius 1 is 1.04 bits per heavy atom. The van der Waals surface area contributed by atoms with Crippen LogP contribution in [-0.4, -0.2) is 32.2 Å². The van der Waals surface area contributed by atoms with Gasteiger partial charge in [-0.1, -0.05) is 23.8 Å². The maximum Gasteiger partial charge on any atom is 0.255 e. The van der Waals surface area contributed by atoms with Crippen LogP contribution in [-0.2, 0) is 4.74 Å². The van der Waals surface area contributed by atoms with E-state index in [4.69, 9.17) is 14.9 Å². The van der Waals surface area contributed by atoms with E-state index in [1.54, 1.807) is 30.7 Å². The number of furan rings is 1. The van der Waals surface area contributed by atoms with Crippen LogP contribution >= 0.6 is 0 Å². The fraction of sp³-hybridized carbons (Fsp3) is 0.227. The summed E-state index contributed by atoms with van der Waals surface area (Å²) in [6.07, 6.45) is 3.26. The van der Waals surface area contributed by atoms with Gasteiger partial charge in [0, 0.05) is 24.2 Å². The Bertz CT molecular complexity index is 874. The van der Waals surface area contributed by atoms with Crippen molar-refractivity contribution in [2.75, 3.05) is 37.4 Å². The minimum Gasteiger partial charge on any atom is -0.472 e. The Labute approximate surface area is 164 Å². The first-order valence-electron chi connectivity index (χ1n) is 9.22. The molecule has 0 bridgehead atoms. The van der Waals surface area contributed by atoms with Crippen LogP contribution in [0.5, 0.6) is 0 Å². The summed E-state index contributed by atoms with van der Waals surface area (Å²) in [6.45, 7) is 5.81. The summed E-state index contributed by atoms with van der Waals surface area (Å²) in [7, 11) is 0. The summed E-state index contributed by atoms with van der Waals surface area (Å²) in [4.78, 5) is 12.3. The molecule has 6 nitrogen and oxygen atoms in total. The minimum atomic E-state index is -0.184. The maximum atomic E-state index is 12.3. The largest absolute Gasteiger partial charge is 0.472 e. The van der Waals surface area contributed by atoms with Gasteiger partial charge in [-0.25, -0.2) is 0 Å². The third-order valence-electron chi connectivity index (χ3n) is 4.32. The molecular weight excluding hydrogens is 354 g/mol. The summed E-state index contributed by atoms with van der Waals surface area (Å²) in [6, 6.07) is 14.8. The topological polar surface area (TPSA) is 89.5 Å². The van der Waals surface area contributed by atoms with Crippen LogP contribution in [0.15, 0.2) is 65.5 Å². The number of amides is 1. The van der Waals surface area contributed by atoms with Gasteiger partial charge in [-0.3, -0.25) is 4.79 Å². The van der Waals surface area contributed by atoms with Crippen molar-refractivity contribution in [3.8, 4) is 11.1 Å². The average Bonchev–Trinajstić information content (AvgIpc) is 3.27. The van der Waals surface area contributed by atoms with Gasteiger partial charge in [0.05, 0.1) is 37.1 Å². The molecule has 3 aromatic rings. The van der Waals surface area contributed by atoms with E-state index in [1.165, 1.54) is 0 Å². The summed E-state index contributed by atoms with van der Waals surface area (Å²) >= 11 is 0. The molecule has 4 N–H and O–H groups in total. The molecule has 0 atom stereocenters. The van der Waals surface area contributed by atoms with E-state index in [9.17, 15) is 4.79 Å². The van der Waals surface area contributed by atoms with Gasteiger partial charge in [0.1, 0.15) is 0 Å². The number of anilines is 2. The molecule has 0 radical (unpaired) electrons. The molecule has 1 saturated heterocycles. The number of morpholine rings is 1. The van der Waals surface area contributed by atoms with Crippen LogP contribution in [0.1, 0.15) is 15.9 Å². The van der Waals surface area contributed by atoms with Crippen molar-refractivity contribution in [2.24, 2.45) is 0 Å². The Hall–Kier alpha value is -3.09. The molecule has 1 amide bonds. The summed E-state index contributed by atoms with van der Waals surface area (Å²) < 4.78 is 10.1. The molecule has 2 aromatic carbocycles. The zero-order chi connectivity index (χ0) is 19.8. The lowest BCUT2D eigenvalue weighted by Crippen LogP contribution is -2.30. The molecule has 2 heterocycles. The first-order valence-corrected chi connectivity index (χ1v) is 9.22. The van der Waals surface area contributed by atoms with E-state index in [0.717, 1.165) is 43.0 Å². The number of hydrogen-bond donors (Lipinski definition) is 3. The smallest absolute Gasteiger partial charge is 0.255 e. The van der Waals surface area contributed by atoms with E-state index in [1.807, 2.05) is 37.3 Å². The Balaban J connectivity index is 0.000000320. The molecular formula is C22H25N3O3. The minimum absolute atomic E-state index is 0.184. The van der Waals surface area contributed by atoms with Gasteiger partial charge in [-0.2, -0.15) is 0 Å². The van der Waals surface area contributed by atoms with E-state index in [2.05, 4.69) is 10.6 Å². The lowest BCUT2D eigenvalue weighted by molar-refractivity contribution is 0.102. The Morgan fingerprint density at radius 2 is 1.79 bits per heavy atom. The first-order chi connectivity index (χ1) is 13.6. The third kappa shape index (κ3) is 5.45. The van der Waals surface area contributed by atoms with E-state index in [-0.39, 0.29) is 5.91 Å². The summed E-state index contributed by atoms with van der Waals surface area (Å²) in [5.74, 6) is -0.184. The highest BCUT2D eigenvalue weighted by molar-refractivity contribution is 6.06. The fourth-order valence-corrected chi connectivity index (χ4v) is 2.69. The number of carbonyl (C=O) groups excluding carboxylic acids is 1. The van der Waals surface area contributed by atoms with Crippen LogP contribution in [0.4, 0.5) is 11.4 Å². The average molecular weight is 379 g/mol. The quantitative estimate of drug-likeness (QED) is 0.604. The standard InChI is InChI=1S/C18H16N2O2.C4H9NO/c1-12-2-4-13(5-3-12)18(21)20-17-10-14(6-7-16(17)19)15-8-9-22-11-15;1-3-6-4-2-5-1/h2-11H,19H2,1H3,(H,20,21);5H,1-4H2. The van der Waals surface area contributed by atoms with Crippen molar-refractivity contribution < 1.29 is 13.9 Å². The zero-order valence-corrected chi connectivity index (χ0v) is 15.9. The Morgan fingerprint density at radius 3 is 2.36 bits per heavy atom.